The Balaban J connectivity index is 1.99. The Labute approximate surface area is 129 Å². The van der Waals surface area contributed by atoms with Crippen molar-refractivity contribution in [3.8, 4) is 5.75 Å². The van der Waals surface area contributed by atoms with E-state index in [1.807, 2.05) is 18.2 Å². The molecule has 0 amide bonds. The van der Waals surface area contributed by atoms with Gasteiger partial charge in [0.15, 0.2) is 0 Å². The first-order valence-corrected chi connectivity index (χ1v) is 7.15. The molecule has 1 heterocycles. The number of hydrogen-bond donors (Lipinski definition) is 1. The molecule has 0 aliphatic rings. The zero-order valence-electron chi connectivity index (χ0n) is 10.9. The van der Waals surface area contributed by atoms with Crippen LogP contribution >= 0.6 is 15.9 Å². The lowest BCUT2D eigenvalue weighted by Gasteiger charge is -2.02. The summed E-state index contributed by atoms with van der Waals surface area (Å²) in [6.45, 7) is 0. The smallest absolute Gasteiger partial charge is 0.141 e. The number of phenolic OH excluding ortho intramolecular Hbond substituents is 1. The highest BCUT2D eigenvalue weighted by Crippen LogP contribution is 2.23. The van der Waals surface area contributed by atoms with Crippen molar-refractivity contribution in [3.63, 3.8) is 0 Å². The quantitative estimate of drug-likeness (QED) is 0.709. The number of rotatable bonds is 2. The highest BCUT2D eigenvalue weighted by Gasteiger charge is 2.02. The zero-order valence-corrected chi connectivity index (χ0v) is 12.5. The standard InChI is InChI=1S/C17H11BrFNO/c18-13-6-9-15(19)12(10-13)5-8-14-7-4-11-2-1-3-16(21)17(11)20-14/h1-10,21H. The van der Waals surface area contributed by atoms with Crippen molar-refractivity contribution < 1.29 is 9.50 Å². The summed E-state index contributed by atoms with van der Waals surface area (Å²) < 4.78 is 14.5. The number of nitrogens with zero attached hydrogens (tertiary/aromatic N) is 1. The van der Waals surface area contributed by atoms with E-state index >= 15 is 0 Å². The molecule has 0 aliphatic carbocycles. The molecule has 4 heteroatoms. The number of pyridine rings is 1. The fourth-order valence-corrected chi connectivity index (χ4v) is 2.44. The minimum absolute atomic E-state index is 0.136. The van der Waals surface area contributed by atoms with Gasteiger partial charge < -0.3 is 5.11 Å². The Morgan fingerprint density at radius 2 is 1.90 bits per heavy atom. The summed E-state index contributed by atoms with van der Waals surface area (Å²) in [7, 11) is 0. The molecule has 0 unspecified atom stereocenters. The highest BCUT2D eigenvalue weighted by atomic mass is 79.9. The Hall–Kier alpha value is -2.20. The van der Waals surface area contributed by atoms with Gasteiger partial charge in [-0.1, -0.05) is 34.1 Å². The summed E-state index contributed by atoms with van der Waals surface area (Å²) in [6.07, 6.45) is 3.38. The van der Waals surface area contributed by atoms with E-state index in [1.165, 1.54) is 6.07 Å². The highest BCUT2D eigenvalue weighted by molar-refractivity contribution is 9.10. The summed E-state index contributed by atoms with van der Waals surface area (Å²) >= 11 is 3.32. The molecule has 0 aliphatic heterocycles. The lowest BCUT2D eigenvalue weighted by molar-refractivity contribution is 0.480. The van der Waals surface area contributed by atoms with Crippen LogP contribution in [0.2, 0.25) is 0 Å². The molecule has 104 valence electrons. The van der Waals surface area contributed by atoms with Crippen LogP contribution in [0.5, 0.6) is 5.75 Å². The number of halogens is 2. The topological polar surface area (TPSA) is 33.1 Å². The van der Waals surface area contributed by atoms with Gasteiger partial charge in [0.05, 0.1) is 5.69 Å². The van der Waals surface area contributed by atoms with Crippen molar-refractivity contribution in [3.05, 3.63) is 70.1 Å². The average molecular weight is 344 g/mol. The number of fused-ring (bicyclic) bond motifs is 1. The summed E-state index contributed by atoms with van der Waals surface area (Å²) in [5.41, 5.74) is 1.67. The van der Waals surface area contributed by atoms with E-state index < -0.39 is 0 Å². The van der Waals surface area contributed by atoms with Crippen LogP contribution in [-0.2, 0) is 0 Å². The van der Waals surface area contributed by atoms with Crippen molar-refractivity contribution >= 4 is 39.0 Å². The maximum Gasteiger partial charge on any atom is 0.141 e. The van der Waals surface area contributed by atoms with Gasteiger partial charge in [-0.25, -0.2) is 9.37 Å². The number of phenols is 1. The third-order valence-electron chi connectivity index (χ3n) is 3.11. The van der Waals surface area contributed by atoms with E-state index in [0.29, 0.717) is 16.8 Å². The SMILES string of the molecule is Oc1cccc2ccc(C=Cc3cc(Br)ccc3F)nc12. The average Bonchev–Trinajstić information content (AvgIpc) is 2.49. The Morgan fingerprint density at radius 3 is 2.76 bits per heavy atom. The van der Waals surface area contributed by atoms with E-state index in [-0.39, 0.29) is 11.6 Å². The predicted octanol–water partition coefficient (Wildman–Crippen LogP) is 5.01. The summed E-state index contributed by atoms with van der Waals surface area (Å²) in [5, 5.41) is 10.7. The molecule has 0 spiro atoms. The van der Waals surface area contributed by atoms with Gasteiger partial charge in [-0.05, 0) is 42.5 Å². The van der Waals surface area contributed by atoms with Crippen LogP contribution in [0.3, 0.4) is 0 Å². The number of benzene rings is 2. The van der Waals surface area contributed by atoms with Crippen molar-refractivity contribution in [2.75, 3.05) is 0 Å². The fourth-order valence-electron chi connectivity index (χ4n) is 2.06. The second kappa shape index (κ2) is 5.66. The predicted molar refractivity (Wildman–Crippen MR) is 86.4 cm³/mol. The largest absolute Gasteiger partial charge is 0.506 e. The minimum Gasteiger partial charge on any atom is -0.506 e. The van der Waals surface area contributed by atoms with Crippen LogP contribution < -0.4 is 0 Å². The summed E-state index contributed by atoms with van der Waals surface area (Å²) in [6, 6.07) is 13.7. The molecule has 0 fully saturated rings. The van der Waals surface area contributed by atoms with Gasteiger partial charge in [0.2, 0.25) is 0 Å². The monoisotopic (exact) mass is 343 g/mol. The first-order chi connectivity index (χ1) is 10.1. The van der Waals surface area contributed by atoms with Crippen molar-refractivity contribution in [1.82, 2.24) is 4.98 Å². The molecule has 3 rings (SSSR count). The lowest BCUT2D eigenvalue weighted by atomic mass is 10.1. The molecular weight excluding hydrogens is 333 g/mol. The first-order valence-electron chi connectivity index (χ1n) is 6.35. The maximum absolute atomic E-state index is 13.7. The summed E-state index contributed by atoms with van der Waals surface area (Å²) in [4.78, 5) is 4.37. The molecule has 21 heavy (non-hydrogen) atoms. The number of aromatic nitrogens is 1. The molecule has 0 bridgehead atoms. The Morgan fingerprint density at radius 1 is 1.05 bits per heavy atom. The summed E-state index contributed by atoms with van der Waals surface area (Å²) in [5.74, 6) is -0.158. The molecule has 0 saturated carbocycles. The second-order valence-electron chi connectivity index (χ2n) is 4.58. The third-order valence-corrected chi connectivity index (χ3v) is 3.61. The normalized spacial score (nSPS) is 11.3. The van der Waals surface area contributed by atoms with E-state index in [1.54, 1.807) is 36.4 Å². The van der Waals surface area contributed by atoms with Gasteiger partial charge in [0.1, 0.15) is 17.1 Å². The van der Waals surface area contributed by atoms with Crippen molar-refractivity contribution in [2.45, 2.75) is 0 Å². The minimum atomic E-state index is -0.293. The van der Waals surface area contributed by atoms with E-state index in [0.717, 1.165) is 9.86 Å². The van der Waals surface area contributed by atoms with Crippen LogP contribution in [0.15, 0.2) is 53.0 Å². The molecule has 0 atom stereocenters. The number of para-hydroxylation sites is 1. The number of aromatic hydroxyl groups is 1. The molecule has 3 aromatic rings. The Bertz CT molecular complexity index is 845. The van der Waals surface area contributed by atoms with Gasteiger partial charge in [-0.2, -0.15) is 0 Å². The Kier molecular flexibility index (Phi) is 3.71. The van der Waals surface area contributed by atoms with E-state index in [2.05, 4.69) is 20.9 Å². The molecule has 0 radical (unpaired) electrons. The lowest BCUT2D eigenvalue weighted by Crippen LogP contribution is -1.85. The molecule has 1 aromatic heterocycles. The van der Waals surface area contributed by atoms with Crippen LogP contribution in [0.4, 0.5) is 4.39 Å². The maximum atomic E-state index is 13.7. The molecule has 2 aromatic carbocycles. The van der Waals surface area contributed by atoms with Gasteiger partial charge >= 0.3 is 0 Å². The van der Waals surface area contributed by atoms with Crippen molar-refractivity contribution in [2.24, 2.45) is 0 Å². The fraction of sp³-hybridized carbons (Fsp3) is 0. The van der Waals surface area contributed by atoms with Crippen LogP contribution in [0.1, 0.15) is 11.3 Å². The molecule has 2 nitrogen and oxygen atoms in total. The van der Waals surface area contributed by atoms with Gasteiger partial charge in [-0.3, -0.25) is 0 Å². The van der Waals surface area contributed by atoms with Crippen LogP contribution in [-0.4, -0.2) is 10.1 Å². The number of hydrogen-bond acceptors (Lipinski definition) is 2. The zero-order chi connectivity index (χ0) is 14.8. The first kappa shape index (κ1) is 13.8. The van der Waals surface area contributed by atoms with Crippen LogP contribution in [0.25, 0.3) is 23.1 Å². The molecular formula is C17H11BrFNO. The third kappa shape index (κ3) is 2.95. The van der Waals surface area contributed by atoms with Crippen LogP contribution in [0, 0.1) is 5.82 Å². The van der Waals surface area contributed by atoms with Gasteiger partial charge in [0.25, 0.3) is 0 Å². The second-order valence-corrected chi connectivity index (χ2v) is 5.50. The van der Waals surface area contributed by atoms with E-state index in [4.69, 9.17) is 0 Å². The molecule has 1 N–H and O–H groups in total. The van der Waals surface area contributed by atoms with Gasteiger partial charge in [-0.15, -0.1) is 0 Å². The van der Waals surface area contributed by atoms with E-state index in [9.17, 15) is 9.50 Å². The van der Waals surface area contributed by atoms with Gasteiger partial charge in [0, 0.05) is 15.4 Å². The van der Waals surface area contributed by atoms with Crippen molar-refractivity contribution in [1.29, 1.82) is 0 Å². The molecule has 0 saturated heterocycles.